The van der Waals surface area contributed by atoms with Gasteiger partial charge in [0.05, 0.1) is 0 Å². The lowest BCUT2D eigenvalue weighted by Gasteiger charge is -2.10. The van der Waals surface area contributed by atoms with Gasteiger partial charge in [0.15, 0.2) is 0 Å². The maximum atomic E-state index is 10.8. The van der Waals surface area contributed by atoms with E-state index in [1.807, 2.05) is 6.92 Å². The van der Waals surface area contributed by atoms with Crippen LogP contribution in [-0.2, 0) is 4.79 Å². The second-order valence-corrected chi connectivity index (χ2v) is 3.02. The van der Waals surface area contributed by atoms with Gasteiger partial charge in [-0.15, -0.1) is 11.6 Å². The molecule has 3 heteroatoms. The van der Waals surface area contributed by atoms with Gasteiger partial charge >= 0.3 is 0 Å². The second-order valence-electron chi connectivity index (χ2n) is 2.27. The van der Waals surface area contributed by atoms with E-state index >= 15 is 0 Å². The molecule has 0 bridgehead atoms. The zero-order valence-corrected chi connectivity index (χ0v) is 6.77. The quantitative estimate of drug-likeness (QED) is 0.539. The molecule has 0 aromatic carbocycles. The molecule has 0 N–H and O–H groups in total. The summed E-state index contributed by atoms with van der Waals surface area (Å²) in [5.74, 6) is 0.0810. The van der Waals surface area contributed by atoms with Crippen LogP contribution in [0.4, 0.5) is 0 Å². The van der Waals surface area contributed by atoms with Crippen molar-refractivity contribution in [2.24, 2.45) is 0 Å². The number of nitrogens with zero attached hydrogens (tertiary/aromatic N) is 1. The van der Waals surface area contributed by atoms with Crippen molar-refractivity contribution < 1.29 is 4.79 Å². The topological polar surface area (TPSA) is 20.3 Å². The van der Waals surface area contributed by atoms with Gasteiger partial charge in [-0.3, -0.25) is 4.79 Å². The normalized spacial score (nSPS) is 12.9. The molecule has 0 aromatic heterocycles. The lowest BCUT2D eigenvalue weighted by molar-refractivity contribution is -0.128. The Morgan fingerprint density at radius 3 is 2.22 bits per heavy atom. The summed E-state index contributed by atoms with van der Waals surface area (Å²) < 4.78 is 0. The summed E-state index contributed by atoms with van der Waals surface area (Å²) in [4.78, 5) is 12.3. The van der Waals surface area contributed by atoms with E-state index < -0.39 is 0 Å². The first kappa shape index (κ1) is 8.76. The Labute approximate surface area is 60.8 Å². The van der Waals surface area contributed by atoms with Crippen LogP contribution in [0.2, 0.25) is 0 Å². The molecular weight excluding hydrogens is 138 g/mol. The molecule has 54 valence electrons. The van der Waals surface area contributed by atoms with Gasteiger partial charge < -0.3 is 4.90 Å². The number of alkyl halides is 1. The van der Waals surface area contributed by atoms with Gasteiger partial charge in [0.25, 0.3) is 0 Å². The Morgan fingerprint density at radius 2 is 2.11 bits per heavy atom. The number of hydrogen-bond acceptors (Lipinski definition) is 1. The minimum Gasteiger partial charge on any atom is -0.349 e. The molecule has 0 saturated carbocycles. The highest BCUT2D eigenvalue weighted by Crippen LogP contribution is 2.00. The molecule has 0 saturated heterocycles. The standard InChI is InChI=1S/C6H12ClNO/c1-5(7)4-6(9)8(2)3/h5H,4H2,1-3H3. The number of hydrogen-bond donors (Lipinski definition) is 0. The van der Waals surface area contributed by atoms with Crippen molar-refractivity contribution >= 4 is 17.5 Å². The summed E-state index contributed by atoms with van der Waals surface area (Å²) >= 11 is 5.57. The fraction of sp³-hybridized carbons (Fsp3) is 0.833. The molecule has 2 nitrogen and oxygen atoms in total. The third-order valence-corrected chi connectivity index (χ3v) is 1.11. The Balaban J connectivity index is 3.51. The van der Waals surface area contributed by atoms with Crippen LogP contribution >= 0.6 is 11.6 Å². The lowest BCUT2D eigenvalue weighted by atomic mass is 10.3. The van der Waals surface area contributed by atoms with Gasteiger partial charge in [-0.2, -0.15) is 0 Å². The molecule has 0 aromatic rings. The first-order valence-electron chi connectivity index (χ1n) is 2.88. The molecule has 1 amide bonds. The van der Waals surface area contributed by atoms with E-state index in [1.54, 1.807) is 19.0 Å². The molecule has 0 radical (unpaired) electrons. The van der Waals surface area contributed by atoms with Crippen molar-refractivity contribution in [2.75, 3.05) is 14.1 Å². The van der Waals surface area contributed by atoms with Crippen LogP contribution in [0, 0.1) is 0 Å². The Hall–Kier alpha value is -0.240. The lowest BCUT2D eigenvalue weighted by Crippen LogP contribution is -2.23. The van der Waals surface area contributed by atoms with Gasteiger partial charge in [-0.1, -0.05) is 0 Å². The SMILES string of the molecule is CC(Cl)CC(=O)N(C)C. The van der Waals surface area contributed by atoms with E-state index in [0.717, 1.165) is 0 Å². The summed E-state index contributed by atoms with van der Waals surface area (Å²) in [5.41, 5.74) is 0. The van der Waals surface area contributed by atoms with Gasteiger partial charge in [-0.25, -0.2) is 0 Å². The van der Waals surface area contributed by atoms with Crippen LogP contribution in [0.3, 0.4) is 0 Å². The number of halogens is 1. The fourth-order valence-electron chi connectivity index (χ4n) is 0.423. The third-order valence-electron chi connectivity index (χ3n) is 0.955. The van der Waals surface area contributed by atoms with Crippen molar-refractivity contribution in [1.82, 2.24) is 4.90 Å². The van der Waals surface area contributed by atoms with E-state index in [4.69, 9.17) is 11.6 Å². The minimum absolute atomic E-state index is 0.0556. The molecule has 0 aliphatic rings. The largest absolute Gasteiger partial charge is 0.349 e. The smallest absolute Gasteiger partial charge is 0.223 e. The van der Waals surface area contributed by atoms with E-state index in [9.17, 15) is 4.79 Å². The summed E-state index contributed by atoms with van der Waals surface area (Å²) in [6.07, 6.45) is 0.425. The zero-order chi connectivity index (χ0) is 7.44. The van der Waals surface area contributed by atoms with Gasteiger partial charge in [0.1, 0.15) is 0 Å². The third kappa shape index (κ3) is 4.28. The minimum atomic E-state index is -0.0556. The molecular formula is C6H12ClNO. The van der Waals surface area contributed by atoms with Gasteiger partial charge in [0.2, 0.25) is 5.91 Å². The van der Waals surface area contributed by atoms with E-state index in [2.05, 4.69) is 0 Å². The second kappa shape index (κ2) is 3.72. The highest BCUT2D eigenvalue weighted by atomic mass is 35.5. The van der Waals surface area contributed by atoms with Crippen molar-refractivity contribution in [2.45, 2.75) is 18.7 Å². The predicted molar refractivity (Wildman–Crippen MR) is 38.6 cm³/mol. The van der Waals surface area contributed by atoms with Crippen LogP contribution < -0.4 is 0 Å². The molecule has 0 rings (SSSR count). The van der Waals surface area contributed by atoms with Crippen molar-refractivity contribution in [3.63, 3.8) is 0 Å². The number of carbonyl (C=O) groups is 1. The average Bonchev–Trinajstić information content (AvgIpc) is 1.63. The van der Waals surface area contributed by atoms with Gasteiger partial charge in [-0.05, 0) is 6.92 Å². The highest BCUT2D eigenvalue weighted by molar-refractivity contribution is 6.21. The molecule has 0 fully saturated rings. The summed E-state index contributed by atoms with van der Waals surface area (Å²) in [6.45, 7) is 1.81. The van der Waals surface area contributed by atoms with E-state index in [0.29, 0.717) is 6.42 Å². The molecule has 0 heterocycles. The number of rotatable bonds is 2. The summed E-state index contributed by atoms with van der Waals surface area (Å²) in [7, 11) is 3.45. The monoisotopic (exact) mass is 149 g/mol. The van der Waals surface area contributed by atoms with Crippen LogP contribution in [0.5, 0.6) is 0 Å². The molecule has 0 aliphatic carbocycles. The van der Waals surface area contributed by atoms with Gasteiger partial charge in [0, 0.05) is 25.9 Å². The Kier molecular flexibility index (Phi) is 3.62. The van der Waals surface area contributed by atoms with Crippen LogP contribution in [0.1, 0.15) is 13.3 Å². The van der Waals surface area contributed by atoms with Crippen LogP contribution in [-0.4, -0.2) is 30.3 Å². The average molecular weight is 150 g/mol. The van der Waals surface area contributed by atoms with Crippen molar-refractivity contribution in [3.05, 3.63) is 0 Å². The van der Waals surface area contributed by atoms with Crippen LogP contribution in [0.15, 0.2) is 0 Å². The fourth-order valence-corrected chi connectivity index (χ4v) is 0.555. The molecule has 0 spiro atoms. The predicted octanol–water partition coefficient (Wildman–Crippen LogP) is 1.09. The first-order chi connectivity index (χ1) is 4.04. The Morgan fingerprint density at radius 1 is 1.67 bits per heavy atom. The van der Waals surface area contributed by atoms with E-state index in [1.165, 1.54) is 0 Å². The van der Waals surface area contributed by atoms with Crippen molar-refractivity contribution in [3.8, 4) is 0 Å². The maximum Gasteiger partial charge on any atom is 0.223 e. The maximum absolute atomic E-state index is 10.8. The molecule has 9 heavy (non-hydrogen) atoms. The molecule has 1 unspecified atom stereocenters. The first-order valence-corrected chi connectivity index (χ1v) is 3.32. The van der Waals surface area contributed by atoms with Crippen LogP contribution in [0.25, 0.3) is 0 Å². The highest BCUT2D eigenvalue weighted by Gasteiger charge is 2.06. The summed E-state index contributed by atoms with van der Waals surface area (Å²) in [5, 5.41) is -0.0556. The molecule has 0 aliphatic heterocycles. The zero-order valence-electron chi connectivity index (χ0n) is 6.02. The number of carbonyl (C=O) groups excluding carboxylic acids is 1. The Bertz CT molecular complexity index is 101. The van der Waals surface area contributed by atoms with Crippen molar-refractivity contribution in [1.29, 1.82) is 0 Å². The number of amides is 1. The summed E-state index contributed by atoms with van der Waals surface area (Å²) in [6, 6.07) is 0. The van der Waals surface area contributed by atoms with E-state index in [-0.39, 0.29) is 11.3 Å². The molecule has 1 atom stereocenters.